The average molecular weight is 198 g/mol. The van der Waals surface area contributed by atoms with E-state index >= 15 is 0 Å². The molecule has 0 aliphatic carbocycles. The minimum Gasteiger partial charge on any atom is -0.382 e. The van der Waals surface area contributed by atoms with Crippen LogP contribution in [0.4, 0.5) is 0 Å². The predicted octanol–water partition coefficient (Wildman–Crippen LogP) is -0.248. The Morgan fingerprint density at radius 2 is 2.36 bits per heavy atom. The van der Waals surface area contributed by atoms with Gasteiger partial charge in [-0.05, 0) is 13.3 Å². The molecule has 0 atom stereocenters. The second-order valence-corrected chi connectivity index (χ2v) is 2.71. The molecule has 0 radical (unpaired) electrons. The molecule has 2 N–H and O–H groups in total. The van der Waals surface area contributed by atoms with E-state index in [1.807, 2.05) is 6.92 Å². The van der Waals surface area contributed by atoms with Crippen LogP contribution in [0.5, 0.6) is 0 Å². The molecule has 0 aromatic carbocycles. The SMILES string of the molecule is C#CCNCC(=O)NCCCOCC. The molecular formula is C10H18N2O2. The Balaban J connectivity index is 3.15. The van der Waals surface area contributed by atoms with Gasteiger partial charge < -0.3 is 10.1 Å². The van der Waals surface area contributed by atoms with Crippen molar-refractivity contribution in [2.24, 2.45) is 0 Å². The van der Waals surface area contributed by atoms with Gasteiger partial charge in [0, 0.05) is 19.8 Å². The highest BCUT2D eigenvalue weighted by molar-refractivity contribution is 5.77. The van der Waals surface area contributed by atoms with Crippen molar-refractivity contribution in [2.45, 2.75) is 13.3 Å². The average Bonchev–Trinajstić information content (AvgIpc) is 2.18. The molecule has 0 fully saturated rings. The summed E-state index contributed by atoms with van der Waals surface area (Å²) in [5, 5.41) is 5.56. The molecule has 0 aromatic rings. The number of ether oxygens (including phenoxy) is 1. The Hall–Kier alpha value is -1.05. The van der Waals surface area contributed by atoms with Crippen LogP contribution in [0, 0.1) is 12.3 Å². The highest BCUT2D eigenvalue weighted by Gasteiger charge is 1.97. The highest BCUT2D eigenvalue weighted by Crippen LogP contribution is 1.79. The Bertz CT molecular complexity index is 187. The van der Waals surface area contributed by atoms with Crippen molar-refractivity contribution in [1.29, 1.82) is 0 Å². The summed E-state index contributed by atoms with van der Waals surface area (Å²) < 4.78 is 5.12. The number of hydrogen-bond acceptors (Lipinski definition) is 3. The van der Waals surface area contributed by atoms with Crippen LogP contribution in [-0.4, -0.2) is 38.8 Å². The van der Waals surface area contributed by atoms with Gasteiger partial charge in [0.05, 0.1) is 13.1 Å². The summed E-state index contributed by atoms with van der Waals surface area (Å²) in [7, 11) is 0. The Morgan fingerprint density at radius 1 is 1.57 bits per heavy atom. The first-order chi connectivity index (χ1) is 6.81. The molecule has 0 bridgehead atoms. The van der Waals surface area contributed by atoms with E-state index in [4.69, 9.17) is 11.2 Å². The summed E-state index contributed by atoms with van der Waals surface area (Å²) in [6, 6.07) is 0. The molecule has 4 heteroatoms. The summed E-state index contributed by atoms with van der Waals surface area (Å²) in [6.07, 6.45) is 5.85. The maximum atomic E-state index is 11.1. The van der Waals surface area contributed by atoms with Crippen molar-refractivity contribution >= 4 is 5.91 Å². The van der Waals surface area contributed by atoms with Crippen molar-refractivity contribution in [2.75, 3.05) is 32.8 Å². The van der Waals surface area contributed by atoms with Crippen molar-refractivity contribution in [3.05, 3.63) is 0 Å². The molecule has 0 spiro atoms. The summed E-state index contributed by atoms with van der Waals surface area (Å²) >= 11 is 0. The van der Waals surface area contributed by atoms with Crippen LogP contribution in [0.2, 0.25) is 0 Å². The van der Waals surface area contributed by atoms with E-state index in [0.29, 0.717) is 19.7 Å². The Kier molecular flexibility index (Phi) is 9.28. The molecule has 0 saturated carbocycles. The van der Waals surface area contributed by atoms with Gasteiger partial charge in [0.25, 0.3) is 0 Å². The van der Waals surface area contributed by atoms with E-state index in [9.17, 15) is 4.79 Å². The van der Waals surface area contributed by atoms with Gasteiger partial charge in [0.1, 0.15) is 0 Å². The van der Waals surface area contributed by atoms with E-state index < -0.39 is 0 Å². The topological polar surface area (TPSA) is 50.4 Å². The summed E-state index contributed by atoms with van der Waals surface area (Å²) in [6.45, 7) is 4.70. The fourth-order valence-electron chi connectivity index (χ4n) is 0.857. The fraction of sp³-hybridized carbons (Fsp3) is 0.700. The number of terminal acetylenes is 1. The second-order valence-electron chi connectivity index (χ2n) is 2.71. The van der Waals surface area contributed by atoms with Crippen LogP contribution in [0.3, 0.4) is 0 Å². The Morgan fingerprint density at radius 3 is 3.00 bits per heavy atom. The van der Waals surface area contributed by atoms with Crippen LogP contribution in [0.15, 0.2) is 0 Å². The van der Waals surface area contributed by atoms with Gasteiger partial charge in [-0.25, -0.2) is 0 Å². The lowest BCUT2D eigenvalue weighted by atomic mass is 10.4. The molecule has 0 aliphatic heterocycles. The summed E-state index contributed by atoms with van der Waals surface area (Å²) in [5.74, 6) is 2.37. The minimum atomic E-state index is -0.0308. The molecule has 0 heterocycles. The predicted molar refractivity (Wildman–Crippen MR) is 55.8 cm³/mol. The quantitative estimate of drug-likeness (QED) is 0.418. The van der Waals surface area contributed by atoms with Crippen LogP contribution >= 0.6 is 0 Å². The lowest BCUT2D eigenvalue weighted by Gasteiger charge is -2.04. The summed E-state index contributed by atoms with van der Waals surface area (Å²) in [5.41, 5.74) is 0. The third-order valence-electron chi connectivity index (χ3n) is 1.50. The second kappa shape index (κ2) is 10.0. The van der Waals surface area contributed by atoms with Crippen LogP contribution < -0.4 is 10.6 Å². The van der Waals surface area contributed by atoms with Gasteiger partial charge in [-0.2, -0.15) is 0 Å². The molecular weight excluding hydrogens is 180 g/mol. The zero-order chi connectivity index (χ0) is 10.6. The molecule has 1 amide bonds. The number of hydrogen-bond donors (Lipinski definition) is 2. The van der Waals surface area contributed by atoms with Crippen molar-refractivity contribution in [3.63, 3.8) is 0 Å². The third kappa shape index (κ3) is 9.04. The van der Waals surface area contributed by atoms with E-state index in [-0.39, 0.29) is 12.5 Å². The van der Waals surface area contributed by atoms with E-state index in [1.54, 1.807) is 0 Å². The molecule has 0 saturated heterocycles. The standard InChI is InChI=1S/C10H18N2O2/c1-3-6-11-9-10(13)12-7-5-8-14-4-2/h1,11H,4-9H2,2H3,(H,12,13). The third-order valence-corrected chi connectivity index (χ3v) is 1.50. The molecule has 0 aromatic heterocycles. The van der Waals surface area contributed by atoms with Gasteiger partial charge in [-0.1, -0.05) is 5.92 Å². The number of rotatable bonds is 8. The van der Waals surface area contributed by atoms with Gasteiger partial charge in [0.15, 0.2) is 0 Å². The smallest absolute Gasteiger partial charge is 0.233 e. The monoisotopic (exact) mass is 198 g/mol. The van der Waals surface area contributed by atoms with Gasteiger partial charge in [-0.3, -0.25) is 10.1 Å². The summed E-state index contributed by atoms with van der Waals surface area (Å²) in [4.78, 5) is 11.1. The van der Waals surface area contributed by atoms with E-state index in [1.165, 1.54) is 0 Å². The van der Waals surface area contributed by atoms with Gasteiger partial charge in [0.2, 0.25) is 5.91 Å². The maximum Gasteiger partial charge on any atom is 0.233 e. The number of carbonyl (C=O) groups excluding carboxylic acids is 1. The zero-order valence-corrected chi connectivity index (χ0v) is 8.64. The highest BCUT2D eigenvalue weighted by atomic mass is 16.5. The van der Waals surface area contributed by atoms with E-state index in [0.717, 1.165) is 13.0 Å². The normalized spacial score (nSPS) is 9.43. The number of amides is 1. The van der Waals surface area contributed by atoms with Crippen LogP contribution in [0.1, 0.15) is 13.3 Å². The van der Waals surface area contributed by atoms with Gasteiger partial charge in [-0.15, -0.1) is 6.42 Å². The first kappa shape index (κ1) is 12.9. The van der Waals surface area contributed by atoms with Crippen molar-refractivity contribution < 1.29 is 9.53 Å². The molecule has 0 unspecified atom stereocenters. The zero-order valence-electron chi connectivity index (χ0n) is 8.64. The minimum absolute atomic E-state index is 0.0308. The van der Waals surface area contributed by atoms with Crippen molar-refractivity contribution in [3.8, 4) is 12.3 Å². The van der Waals surface area contributed by atoms with E-state index in [2.05, 4.69) is 16.6 Å². The lowest BCUT2D eigenvalue weighted by molar-refractivity contribution is -0.120. The maximum absolute atomic E-state index is 11.1. The molecule has 0 rings (SSSR count). The van der Waals surface area contributed by atoms with Crippen molar-refractivity contribution in [1.82, 2.24) is 10.6 Å². The first-order valence-electron chi connectivity index (χ1n) is 4.80. The molecule has 14 heavy (non-hydrogen) atoms. The number of carbonyl (C=O) groups is 1. The van der Waals surface area contributed by atoms with Gasteiger partial charge >= 0.3 is 0 Å². The largest absolute Gasteiger partial charge is 0.382 e. The fourth-order valence-corrected chi connectivity index (χ4v) is 0.857. The van der Waals surface area contributed by atoms with Crippen LogP contribution in [0.25, 0.3) is 0 Å². The Labute approximate surface area is 85.4 Å². The van der Waals surface area contributed by atoms with Crippen LogP contribution in [-0.2, 0) is 9.53 Å². The number of nitrogens with one attached hydrogen (secondary N) is 2. The molecule has 80 valence electrons. The first-order valence-corrected chi connectivity index (χ1v) is 4.80. The molecule has 4 nitrogen and oxygen atoms in total. The molecule has 0 aliphatic rings. The lowest BCUT2D eigenvalue weighted by Crippen LogP contribution is -2.34.